The van der Waals surface area contributed by atoms with Crippen molar-refractivity contribution in [2.45, 2.75) is 46.3 Å². The van der Waals surface area contributed by atoms with Gasteiger partial charge in [0, 0.05) is 17.3 Å². The number of hydrogen-bond acceptors (Lipinski definition) is 4. The van der Waals surface area contributed by atoms with Crippen LogP contribution in [-0.2, 0) is 18.6 Å². The van der Waals surface area contributed by atoms with Crippen molar-refractivity contribution in [3.8, 4) is 5.75 Å². The van der Waals surface area contributed by atoms with E-state index in [0.29, 0.717) is 6.61 Å². The lowest BCUT2D eigenvalue weighted by molar-refractivity contribution is 0.304. The predicted octanol–water partition coefficient (Wildman–Crippen LogP) is 4.13. The summed E-state index contributed by atoms with van der Waals surface area (Å²) in [4.78, 5) is 4.65. The maximum absolute atomic E-state index is 5.86. The Morgan fingerprint density at radius 1 is 1.29 bits per heavy atom. The first-order valence-corrected chi connectivity index (χ1v) is 8.24. The minimum atomic E-state index is 0.0977. The molecule has 0 amide bonds. The summed E-state index contributed by atoms with van der Waals surface area (Å²) < 4.78 is 5.86. The van der Waals surface area contributed by atoms with E-state index in [1.54, 1.807) is 11.3 Å². The van der Waals surface area contributed by atoms with Gasteiger partial charge in [0.25, 0.3) is 0 Å². The Balaban J connectivity index is 1.95. The van der Waals surface area contributed by atoms with Gasteiger partial charge in [0.2, 0.25) is 0 Å². The van der Waals surface area contributed by atoms with Crippen molar-refractivity contribution >= 4 is 11.3 Å². The van der Waals surface area contributed by atoms with E-state index in [1.165, 1.54) is 5.56 Å². The molecule has 3 nitrogen and oxygen atoms in total. The van der Waals surface area contributed by atoms with Gasteiger partial charge in [0.05, 0.1) is 5.69 Å². The van der Waals surface area contributed by atoms with Crippen LogP contribution in [0.2, 0.25) is 0 Å². The highest BCUT2D eigenvalue weighted by molar-refractivity contribution is 7.09. The number of aromatic nitrogens is 1. The first-order chi connectivity index (χ1) is 9.99. The van der Waals surface area contributed by atoms with E-state index in [2.05, 4.69) is 55.5 Å². The van der Waals surface area contributed by atoms with Crippen molar-refractivity contribution in [2.75, 3.05) is 6.54 Å². The number of benzene rings is 1. The summed E-state index contributed by atoms with van der Waals surface area (Å²) in [5.41, 5.74) is 2.47. The molecule has 4 heteroatoms. The van der Waals surface area contributed by atoms with Gasteiger partial charge in [-0.2, -0.15) is 0 Å². The third-order valence-corrected chi connectivity index (χ3v) is 3.98. The van der Waals surface area contributed by atoms with E-state index in [9.17, 15) is 0 Å². The SMILES string of the molecule is CCNCc1cccc(OCc2nc(C(C)(C)C)cs2)c1. The van der Waals surface area contributed by atoms with Gasteiger partial charge in [-0.3, -0.25) is 0 Å². The third kappa shape index (κ3) is 4.83. The summed E-state index contributed by atoms with van der Waals surface area (Å²) in [6, 6.07) is 8.22. The zero-order valence-corrected chi connectivity index (χ0v) is 14.1. The fraction of sp³-hybridized carbons (Fsp3) is 0.471. The van der Waals surface area contributed by atoms with E-state index < -0.39 is 0 Å². The van der Waals surface area contributed by atoms with Crippen LogP contribution in [0.15, 0.2) is 29.6 Å². The van der Waals surface area contributed by atoms with Crippen LogP contribution in [0.5, 0.6) is 5.75 Å². The van der Waals surface area contributed by atoms with Crippen molar-refractivity contribution in [2.24, 2.45) is 0 Å². The zero-order valence-electron chi connectivity index (χ0n) is 13.3. The van der Waals surface area contributed by atoms with Gasteiger partial charge >= 0.3 is 0 Å². The quantitative estimate of drug-likeness (QED) is 0.871. The normalized spacial score (nSPS) is 11.6. The van der Waals surface area contributed by atoms with Crippen molar-refractivity contribution < 1.29 is 4.74 Å². The van der Waals surface area contributed by atoms with Crippen LogP contribution in [0, 0.1) is 0 Å². The summed E-state index contributed by atoms with van der Waals surface area (Å²) in [5, 5.41) is 6.47. The van der Waals surface area contributed by atoms with Crippen LogP contribution in [0.3, 0.4) is 0 Å². The molecule has 1 aromatic carbocycles. The fourth-order valence-corrected chi connectivity index (χ4v) is 2.81. The number of nitrogens with one attached hydrogen (secondary N) is 1. The molecule has 0 saturated heterocycles. The van der Waals surface area contributed by atoms with Crippen molar-refractivity contribution in [3.05, 3.63) is 45.9 Å². The Kier molecular flexibility index (Phi) is 5.37. The smallest absolute Gasteiger partial charge is 0.140 e. The highest BCUT2D eigenvalue weighted by Crippen LogP contribution is 2.24. The number of rotatable bonds is 6. The molecule has 0 aliphatic carbocycles. The van der Waals surface area contributed by atoms with Gasteiger partial charge in [-0.25, -0.2) is 4.98 Å². The molecule has 1 aromatic heterocycles. The van der Waals surface area contributed by atoms with Crippen LogP contribution >= 0.6 is 11.3 Å². The van der Waals surface area contributed by atoms with Gasteiger partial charge < -0.3 is 10.1 Å². The number of nitrogens with zero attached hydrogens (tertiary/aromatic N) is 1. The summed E-state index contributed by atoms with van der Waals surface area (Å²) in [5.74, 6) is 0.901. The largest absolute Gasteiger partial charge is 0.486 e. The maximum Gasteiger partial charge on any atom is 0.140 e. The minimum absolute atomic E-state index is 0.0977. The predicted molar refractivity (Wildman–Crippen MR) is 89.0 cm³/mol. The molecule has 1 heterocycles. The average molecular weight is 304 g/mol. The Morgan fingerprint density at radius 3 is 2.76 bits per heavy atom. The highest BCUT2D eigenvalue weighted by atomic mass is 32.1. The average Bonchev–Trinajstić information content (AvgIpc) is 2.92. The summed E-state index contributed by atoms with van der Waals surface area (Å²) >= 11 is 1.67. The molecule has 0 saturated carbocycles. The summed E-state index contributed by atoms with van der Waals surface area (Å²) in [6.45, 7) is 11.0. The minimum Gasteiger partial charge on any atom is -0.486 e. The molecule has 0 atom stereocenters. The molecule has 2 aromatic rings. The standard InChI is InChI=1S/C17H24N2OS/c1-5-18-10-13-7-6-8-14(9-13)20-11-16-19-15(12-21-16)17(2,3)4/h6-9,12,18H,5,10-11H2,1-4H3. The Labute approximate surface area is 131 Å². The van der Waals surface area contributed by atoms with Gasteiger partial charge in [-0.05, 0) is 24.2 Å². The lowest BCUT2D eigenvalue weighted by Gasteiger charge is -2.14. The molecular formula is C17H24N2OS. The van der Waals surface area contributed by atoms with E-state index in [4.69, 9.17) is 4.74 Å². The Hall–Kier alpha value is -1.39. The molecule has 1 N–H and O–H groups in total. The van der Waals surface area contributed by atoms with Crippen LogP contribution in [-0.4, -0.2) is 11.5 Å². The molecule has 114 valence electrons. The van der Waals surface area contributed by atoms with Gasteiger partial charge in [0.15, 0.2) is 0 Å². The molecule has 0 aliphatic heterocycles. The topological polar surface area (TPSA) is 34.1 Å². The lowest BCUT2D eigenvalue weighted by Crippen LogP contribution is -2.12. The van der Waals surface area contributed by atoms with Gasteiger partial charge in [0.1, 0.15) is 17.4 Å². The maximum atomic E-state index is 5.86. The van der Waals surface area contributed by atoms with Crippen LogP contribution < -0.4 is 10.1 Å². The van der Waals surface area contributed by atoms with Crippen LogP contribution in [0.4, 0.5) is 0 Å². The summed E-state index contributed by atoms with van der Waals surface area (Å²) in [7, 11) is 0. The second-order valence-corrected chi connectivity index (χ2v) is 7.04. The molecule has 0 aliphatic rings. The van der Waals surface area contributed by atoms with Crippen molar-refractivity contribution in [3.63, 3.8) is 0 Å². The van der Waals surface area contributed by atoms with E-state index in [0.717, 1.165) is 29.5 Å². The van der Waals surface area contributed by atoms with Crippen molar-refractivity contribution in [1.29, 1.82) is 0 Å². The monoisotopic (exact) mass is 304 g/mol. The van der Waals surface area contributed by atoms with Crippen LogP contribution in [0.25, 0.3) is 0 Å². The highest BCUT2D eigenvalue weighted by Gasteiger charge is 2.17. The van der Waals surface area contributed by atoms with Crippen molar-refractivity contribution in [1.82, 2.24) is 10.3 Å². The molecule has 0 unspecified atom stereocenters. The van der Waals surface area contributed by atoms with Gasteiger partial charge in [-0.1, -0.05) is 39.8 Å². The molecule has 0 bridgehead atoms. The Morgan fingerprint density at radius 2 is 2.10 bits per heavy atom. The Bertz CT molecular complexity index is 572. The van der Waals surface area contributed by atoms with E-state index in [-0.39, 0.29) is 5.41 Å². The second kappa shape index (κ2) is 7.05. The molecule has 21 heavy (non-hydrogen) atoms. The number of hydrogen-bond donors (Lipinski definition) is 1. The molecule has 0 spiro atoms. The molecule has 0 fully saturated rings. The summed E-state index contributed by atoms with van der Waals surface area (Å²) in [6.07, 6.45) is 0. The third-order valence-electron chi connectivity index (χ3n) is 3.16. The first kappa shape index (κ1) is 16.0. The fourth-order valence-electron chi connectivity index (χ4n) is 1.88. The molecular weight excluding hydrogens is 280 g/mol. The van der Waals surface area contributed by atoms with E-state index >= 15 is 0 Å². The van der Waals surface area contributed by atoms with E-state index in [1.807, 2.05) is 12.1 Å². The molecule has 0 radical (unpaired) electrons. The number of thiazole rings is 1. The zero-order chi connectivity index (χ0) is 15.3. The first-order valence-electron chi connectivity index (χ1n) is 7.36. The number of ether oxygens (including phenoxy) is 1. The van der Waals surface area contributed by atoms with Crippen LogP contribution in [0.1, 0.15) is 44.0 Å². The lowest BCUT2D eigenvalue weighted by atomic mass is 9.93. The molecule has 2 rings (SSSR count). The van der Waals surface area contributed by atoms with Gasteiger partial charge in [-0.15, -0.1) is 11.3 Å². The second-order valence-electron chi connectivity index (χ2n) is 6.09.